The van der Waals surface area contributed by atoms with Gasteiger partial charge >= 0.3 is 0 Å². The molecule has 6 nitrogen and oxygen atoms in total. The van der Waals surface area contributed by atoms with Crippen molar-refractivity contribution in [1.82, 2.24) is 14.8 Å². The number of aromatic nitrogens is 3. The van der Waals surface area contributed by atoms with Gasteiger partial charge in [0.1, 0.15) is 12.2 Å². The van der Waals surface area contributed by atoms with Gasteiger partial charge in [-0.3, -0.25) is 0 Å². The van der Waals surface area contributed by atoms with Crippen molar-refractivity contribution in [3.05, 3.63) is 6.33 Å². The summed E-state index contributed by atoms with van der Waals surface area (Å²) < 4.78 is 1.81. The first kappa shape index (κ1) is 7.08. The lowest BCUT2D eigenvalue weighted by molar-refractivity contribution is 0.803. The summed E-state index contributed by atoms with van der Waals surface area (Å²) in [6.45, 7) is 0.790. The molecule has 0 spiro atoms. The van der Waals surface area contributed by atoms with Gasteiger partial charge in [0.25, 0.3) is 0 Å². The normalized spacial score (nSPS) is 16.8. The van der Waals surface area contributed by atoms with E-state index < -0.39 is 0 Å². The quantitative estimate of drug-likeness (QED) is 0.598. The Balaban J connectivity index is 2.27. The topological polar surface area (TPSA) is 72.3 Å². The Morgan fingerprint density at radius 3 is 2.92 bits per heavy atom. The molecule has 2 heterocycles. The van der Waals surface area contributed by atoms with Crippen LogP contribution in [0.4, 0.5) is 5.95 Å². The van der Waals surface area contributed by atoms with E-state index in [0.717, 1.165) is 18.9 Å². The largest absolute Gasteiger partial charge is 0.386 e. The van der Waals surface area contributed by atoms with Crippen molar-refractivity contribution in [3.8, 4) is 0 Å². The van der Waals surface area contributed by atoms with Gasteiger partial charge in [0.05, 0.1) is 6.54 Å². The predicted molar refractivity (Wildman–Crippen MR) is 44.6 cm³/mol. The maximum absolute atomic E-state index is 5.53. The van der Waals surface area contributed by atoms with Crippen LogP contribution in [0.15, 0.2) is 11.4 Å². The van der Waals surface area contributed by atoms with Gasteiger partial charge in [-0.05, 0) is 0 Å². The van der Waals surface area contributed by atoms with Crippen LogP contribution in [0.1, 0.15) is 6.42 Å². The fourth-order valence-corrected chi connectivity index (χ4v) is 1.13. The van der Waals surface area contributed by atoms with Crippen LogP contribution in [-0.2, 0) is 7.05 Å². The summed E-state index contributed by atoms with van der Waals surface area (Å²) in [5.41, 5.74) is 5.53. The van der Waals surface area contributed by atoms with Crippen molar-refractivity contribution in [2.24, 2.45) is 17.9 Å². The van der Waals surface area contributed by atoms with Crippen molar-refractivity contribution in [1.29, 1.82) is 0 Å². The zero-order chi connectivity index (χ0) is 8.55. The molecular weight excluding hydrogens is 156 g/mol. The van der Waals surface area contributed by atoms with E-state index in [1.54, 1.807) is 11.3 Å². The predicted octanol–water partition coefficient (Wildman–Crippen LogP) is -0.703. The van der Waals surface area contributed by atoms with Gasteiger partial charge in [0.2, 0.25) is 5.95 Å². The number of amidine groups is 1. The summed E-state index contributed by atoms with van der Waals surface area (Å²) in [4.78, 5) is 0. The van der Waals surface area contributed by atoms with E-state index in [0.29, 0.717) is 5.84 Å². The first-order valence-corrected chi connectivity index (χ1v) is 3.72. The molecule has 0 fully saturated rings. The molecule has 1 aliphatic heterocycles. The Morgan fingerprint density at radius 1 is 1.58 bits per heavy atom. The van der Waals surface area contributed by atoms with Gasteiger partial charge in [-0.1, -0.05) is 0 Å². The molecule has 0 radical (unpaired) electrons. The third kappa shape index (κ3) is 1.01. The second kappa shape index (κ2) is 2.47. The molecule has 0 bridgehead atoms. The number of rotatable bonds is 1. The van der Waals surface area contributed by atoms with Gasteiger partial charge in [-0.15, -0.1) is 10.2 Å². The van der Waals surface area contributed by atoms with Crippen molar-refractivity contribution >= 4 is 11.8 Å². The lowest BCUT2D eigenvalue weighted by atomic mass is 10.4. The van der Waals surface area contributed by atoms with E-state index in [9.17, 15) is 0 Å². The number of hydrazone groups is 1. The van der Waals surface area contributed by atoms with Gasteiger partial charge < -0.3 is 10.3 Å². The molecule has 1 aromatic heterocycles. The van der Waals surface area contributed by atoms with E-state index in [4.69, 9.17) is 5.73 Å². The third-order valence-electron chi connectivity index (χ3n) is 1.75. The molecule has 0 atom stereocenters. The van der Waals surface area contributed by atoms with Crippen LogP contribution in [-0.4, -0.2) is 27.1 Å². The molecule has 0 unspecified atom stereocenters. The van der Waals surface area contributed by atoms with Gasteiger partial charge in [-0.25, -0.2) is 5.01 Å². The molecule has 1 aliphatic rings. The Labute approximate surface area is 69.7 Å². The molecule has 2 rings (SSSR count). The van der Waals surface area contributed by atoms with Crippen LogP contribution in [0.2, 0.25) is 0 Å². The molecule has 64 valence electrons. The molecule has 0 saturated carbocycles. The van der Waals surface area contributed by atoms with Crippen molar-refractivity contribution in [2.45, 2.75) is 6.42 Å². The van der Waals surface area contributed by atoms with E-state index >= 15 is 0 Å². The summed E-state index contributed by atoms with van der Waals surface area (Å²) in [7, 11) is 1.87. The molecule has 0 aliphatic carbocycles. The Hall–Kier alpha value is -1.59. The Kier molecular flexibility index (Phi) is 1.46. The zero-order valence-electron chi connectivity index (χ0n) is 6.80. The maximum atomic E-state index is 5.53. The molecule has 0 aromatic carbocycles. The minimum absolute atomic E-state index is 0.651. The van der Waals surface area contributed by atoms with Gasteiger partial charge in [-0.2, -0.15) is 5.10 Å². The summed E-state index contributed by atoms with van der Waals surface area (Å²) >= 11 is 0. The number of nitrogens with two attached hydrogens (primary N) is 1. The third-order valence-corrected chi connectivity index (χ3v) is 1.75. The Morgan fingerprint density at radius 2 is 2.42 bits per heavy atom. The molecular formula is C6H10N6. The molecule has 1 aromatic rings. The number of aryl methyl sites for hydroxylation is 1. The molecule has 12 heavy (non-hydrogen) atoms. The summed E-state index contributed by atoms with van der Waals surface area (Å²) in [5, 5.41) is 13.5. The second-order valence-corrected chi connectivity index (χ2v) is 2.71. The molecule has 0 amide bonds. The van der Waals surface area contributed by atoms with E-state index in [-0.39, 0.29) is 0 Å². The van der Waals surface area contributed by atoms with E-state index in [1.807, 2.05) is 11.6 Å². The minimum atomic E-state index is 0.651. The standard InChI is InChI=1S/C6H10N6/c1-11-4-8-9-6(11)12-3-2-5(7)10-12/h4H,2-3H2,1H3,(H2,7,10). The smallest absolute Gasteiger partial charge is 0.247 e. The lowest BCUT2D eigenvalue weighted by Crippen LogP contribution is -2.16. The monoisotopic (exact) mass is 166 g/mol. The average Bonchev–Trinajstić information content (AvgIpc) is 2.58. The Bertz CT molecular complexity index is 314. The van der Waals surface area contributed by atoms with E-state index in [1.165, 1.54) is 0 Å². The SMILES string of the molecule is Cn1cnnc1N1CCC(N)=N1. The number of anilines is 1. The van der Waals surface area contributed by atoms with Crippen LogP contribution in [0, 0.1) is 0 Å². The average molecular weight is 166 g/mol. The van der Waals surface area contributed by atoms with E-state index in [2.05, 4.69) is 15.3 Å². The number of hydrogen-bond donors (Lipinski definition) is 1. The van der Waals surface area contributed by atoms with Crippen molar-refractivity contribution in [3.63, 3.8) is 0 Å². The van der Waals surface area contributed by atoms with Crippen LogP contribution in [0.3, 0.4) is 0 Å². The summed E-state index contributed by atoms with van der Waals surface area (Å²) in [6, 6.07) is 0. The highest BCUT2D eigenvalue weighted by Gasteiger charge is 2.16. The molecule has 0 saturated heterocycles. The summed E-state index contributed by atoms with van der Waals surface area (Å²) in [6.07, 6.45) is 2.44. The molecule has 6 heteroatoms. The van der Waals surface area contributed by atoms with Crippen LogP contribution >= 0.6 is 0 Å². The van der Waals surface area contributed by atoms with Crippen molar-refractivity contribution in [2.75, 3.05) is 11.6 Å². The van der Waals surface area contributed by atoms with Crippen molar-refractivity contribution < 1.29 is 0 Å². The lowest BCUT2D eigenvalue weighted by Gasteiger charge is -2.09. The second-order valence-electron chi connectivity index (χ2n) is 2.71. The molecule has 2 N–H and O–H groups in total. The van der Waals surface area contributed by atoms with Crippen LogP contribution < -0.4 is 10.7 Å². The van der Waals surface area contributed by atoms with Gasteiger partial charge in [0.15, 0.2) is 0 Å². The van der Waals surface area contributed by atoms with Crippen LogP contribution in [0.5, 0.6) is 0 Å². The zero-order valence-corrected chi connectivity index (χ0v) is 6.80. The fraction of sp³-hybridized carbons (Fsp3) is 0.500. The first-order chi connectivity index (χ1) is 5.77. The first-order valence-electron chi connectivity index (χ1n) is 3.72. The highest BCUT2D eigenvalue weighted by molar-refractivity contribution is 5.83. The number of nitrogens with zero attached hydrogens (tertiary/aromatic N) is 5. The fourth-order valence-electron chi connectivity index (χ4n) is 1.13. The number of hydrogen-bond acceptors (Lipinski definition) is 5. The van der Waals surface area contributed by atoms with Crippen LogP contribution in [0.25, 0.3) is 0 Å². The van der Waals surface area contributed by atoms with Gasteiger partial charge in [0, 0.05) is 13.5 Å². The highest BCUT2D eigenvalue weighted by Crippen LogP contribution is 2.13. The summed E-state index contributed by atoms with van der Waals surface area (Å²) in [5.74, 6) is 1.38. The maximum Gasteiger partial charge on any atom is 0.247 e. The highest BCUT2D eigenvalue weighted by atomic mass is 15.6. The minimum Gasteiger partial charge on any atom is -0.386 e.